The Morgan fingerprint density at radius 3 is 2.26 bits per heavy atom. The van der Waals surface area contributed by atoms with E-state index in [9.17, 15) is 19.6 Å². The standard InChI is InChI=1S/C20H31N3O4/c1-19(2,3)18(26)23-11-7-15(8-12-23)17(25)27-13-16(24)22-20(14-21)9-5-4-6-10-20/h15H,4-13H2,1-3H3,(H,22,24). The van der Waals surface area contributed by atoms with Crippen molar-refractivity contribution in [3.63, 3.8) is 0 Å². The van der Waals surface area contributed by atoms with Crippen LogP contribution < -0.4 is 5.32 Å². The number of carbonyl (C=O) groups excluding carboxylic acids is 3. The van der Waals surface area contributed by atoms with Gasteiger partial charge in [0.15, 0.2) is 6.61 Å². The first kappa shape index (κ1) is 21.2. The molecule has 1 saturated carbocycles. The van der Waals surface area contributed by atoms with Crippen molar-refractivity contribution in [2.75, 3.05) is 19.7 Å². The number of amides is 2. The van der Waals surface area contributed by atoms with E-state index in [1.807, 2.05) is 20.8 Å². The van der Waals surface area contributed by atoms with E-state index in [2.05, 4.69) is 11.4 Å². The van der Waals surface area contributed by atoms with Gasteiger partial charge in [0.05, 0.1) is 12.0 Å². The first-order valence-corrected chi connectivity index (χ1v) is 9.85. The summed E-state index contributed by atoms with van der Waals surface area (Å²) < 4.78 is 5.17. The van der Waals surface area contributed by atoms with Crippen LogP contribution >= 0.6 is 0 Å². The highest BCUT2D eigenvalue weighted by Crippen LogP contribution is 2.27. The van der Waals surface area contributed by atoms with Crippen molar-refractivity contribution < 1.29 is 19.1 Å². The van der Waals surface area contributed by atoms with Gasteiger partial charge in [0.2, 0.25) is 5.91 Å². The molecule has 0 unspecified atom stereocenters. The summed E-state index contributed by atoms with van der Waals surface area (Å²) in [4.78, 5) is 38.4. The lowest BCUT2D eigenvalue weighted by Gasteiger charge is -2.35. The zero-order valence-corrected chi connectivity index (χ0v) is 16.7. The molecule has 0 aromatic carbocycles. The van der Waals surface area contributed by atoms with Gasteiger partial charge in [-0.25, -0.2) is 0 Å². The summed E-state index contributed by atoms with van der Waals surface area (Å²) in [6.45, 7) is 6.35. The third-order valence-electron chi connectivity index (χ3n) is 5.40. The van der Waals surface area contributed by atoms with Gasteiger partial charge < -0.3 is 15.0 Å². The molecule has 1 aliphatic carbocycles. The minimum Gasteiger partial charge on any atom is -0.455 e. The SMILES string of the molecule is CC(C)(C)C(=O)N1CCC(C(=O)OCC(=O)NC2(C#N)CCCCC2)CC1. The highest BCUT2D eigenvalue weighted by molar-refractivity contribution is 5.83. The molecule has 0 aromatic heterocycles. The zero-order valence-electron chi connectivity index (χ0n) is 16.7. The number of piperidine rings is 1. The summed E-state index contributed by atoms with van der Waals surface area (Å²) >= 11 is 0. The van der Waals surface area contributed by atoms with Gasteiger partial charge in [-0.2, -0.15) is 5.26 Å². The van der Waals surface area contributed by atoms with E-state index in [0.717, 1.165) is 19.3 Å². The maximum atomic E-state index is 12.3. The molecule has 2 aliphatic rings. The molecule has 2 fully saturated rings. The molecule has 1 heterocycles. The van der Waals surface area contributed by atoms with Crippen LogP contribution in [0.25, 0.3) is 0 Å². The first-order chi connectivity index (χ1) is 12.7. The molecule has 1 saturated heterocycles. The number of nitriles is 1. The van der Waals surface area contributed by atoms with Crippen LogP contribution in [0.3, 0.4) is 0 Å². The van der Waals surface area contributed by atoms with Crippen LogP contribution in [0.1, 0.15) is 65.7 Å². The number of esters is 1. The van der Waals surface area contributed by atoms with Gasteiger partial charge in [-0.1, -0.05) is 40.0 Å². The van der Waals surface area contributed by atoms with Gasteiger partial charge in [-0.15, -0.1) is 0 Å². The number of hydrogen-bond acceptors (Lipinski definition) is 5. The first-order valence-electron chi connectivity index (χ1n) is 9.85. The lowest BCUT2D eigenvalue weighted by molar-refractivity contribution is -0.156. The lowest BCUT2D eigenvalue weighted by atomic mass is 9.83. The second kappa shape index (κ2) is 8.73. The molecule has 7 heteroatoms. The van der Waals surface area contributed by atoms with Crippen molar-refractivity contribution >= 4 is 17.8 Å². The Morgan fingerprint density at radius 2 is 1.74 bits per heavy atom. The maximum Gasteiger partial charge on any atom is 0.309 e. The number of nitrogens with zero attached hydrogens (tertiary/aromatic N) is 2. The molecule has 2 rings (SSSR count). The second-order valence-electron chi connectivity index (χ2n) is 8.73. The molecule has 0 atom stereocenters. The van der Waals surface area contributed by atoms with E-state index in [1.165, 1.54) is 0 Å². The fraction of sp³-hybridized carbons (Fsp3) is 0.800. The third-order valence-corrected chi connectivity index (χ3v) is 5.40. The lowest BCUT2D eigenvalue weighted by Crippen LogP contribution is -2.50. The van der Waals surface area contributed by atoms with Crippen molar-refractivity contribution in [1.29, 1.82) is 5.26 Å². The Morgan fingerprint density at radius 1 is 1.15 bits per heavy atom. The second-order valence-corrected chi connectivity index (χ2v) is 8.73. The Bertz CT molecular complexity index is 604. The van der Waals surface area contributed by atoms with Crippen LogP contribution in [-0.2, 0) is 19.1 Å². The summed E-state index contributed by atoms with van der Waals surface area (Å²) in [5.74, 6) is -1.03. The van der Waals surface area contributed by atoms with E-state index >= 15 is 0 Å². The third kappa shape index (κ3) is 5.69. The van der Waals surface area contributed by atoms with Crippen molar-refractivity contribution in [1.82, 2.24) is 10.2 Å². The van der Waals surface area contributed by atoms with Gasteiger partial charge in [-0.3, -0.25) is 14.4 Å². The van der Waals surface area contributed by atoms with Crippen LogP contribution in [-0.4, -0.2) is 47.9 Å². The molecule has 0 bridgehead atoms. The van der Waals surface area contributed by atoms with Crippen molar-refractivity contribution in [3.05, 3.63) is 0 Å². The molecule has 150 valence electrons. The van der Waals surface area contributed by atoms with Crippen molar-refractivity contribution in [2.45, 2.75) is 71.3 Å². The van der Waals surface area contributed by atoms with Crippen molar-refractivity contribution in [3.8, 4) is 6.07 Å². The highest BCUT2D eigenvalue weighted by atomic mass is 16.5. The summed E-state index contributed by atoms with van der Waals surface area (Å²) in [6, 6.07) is 2.22. The van der Waals surface area contributed by atoms with E-state index in [4.69, 9.17) is 4.74 Å². The number of nitrogens with one attached hydrogen (secondary N) is 1. The summed E-state index contributed by atoms with van der Waals surface area (Å²) in [6.07, 6.45) is 5.28. The fourth-order valence-electron chi connectivity index (χ4n) is 3.77. The molecule has 0 aromatic rings. The molecule has 2 amide bonds. The van der Waals surface area contributed by atoms with Gasteiger partial charge in [0.25, 0.3) is 5.91 Å². The molecule has 1 N–H and O–H groups in total. The molecular formula is C20H31N3O4. The Labute approximate surface area is 161 Å². The summed E-state index contributed by atoms with van der Waals surface area (Å²) in [7, 11) is 0. The predicted octanol–water partition coefficient (Wildman–Crippen LogP) is 2.16. The average Bonchev–Trinajstić information content (AvgIpc) is 2.65. The van der Waals surface area contributed by atoms with Gasteiger partial charge >= 0.3 is 5.97 Å². The molecule has 27 heavy (non-hydrogen) atoms. The van der Waals surface area contributed by atoms with Crippen LogP contribution in [0.4, 0.5) is 0 Å². The van der Waals surface area contributed by atoms with Crippen LogP contribution in [0.5, 0.6) is 0 Å². The summed E-state index contributed by atoms with van der Waals surface area (Å²) in [5, 5.41) is 12.1. The average molecular weight is 377 g/mol. The number of hydrogen-bond donors (Lipinski definition) is 1. The van der Waals surface area contributed by atoms with E-state index in [1.54, 1.807) is 4.90 Å². The number of rotatable bonds is 4. The molecule has 0 radical (unpaired) electrons. The van der Waals surface area contributed by atoms with E-state index < -0.39 is 22.8 Å². The van der Waals surface area contributed by atoms with Gasteiger partial charge in [0.1, 0.15) is 5.54 Å². The van der Waals surface area contributed by atoms with Crippen LogP contribution in [0, 0.1) is 22.7 Å². The molecule has 1 aliphatic heterocycles. The largest absolute Gasteiger partial charge is 0.455 e. The maximum absolute atomic E-state index is 12.3. The van der Waals surface area contributed by atoms with Gasteiger partial charge in [0, 0.05) is 18.5 Å². The smallest absolute Gasteiger partial charge is 0.309 e. The minimum atomic E-state index is -0.819. The molecular weight excluding hydrogens is 346 g/mol. The number of likely N-dealkylation sites (tertiary alicyclic amines) is 1. The van der Waals surface area contributed by atoms with Gasteiger partial charge in [-0.05, 0) is 25.7 Å². The van der Waals surface area contributed by atoms with Crippen molar-refractivity contribution in [2.24, 2.45) is 11.3 Å². The fourth-order valence-corrected chi connectivity index (χ4v) is 3.77. The quantitative estimate of drug-likeness (QED) is 0.757. The predicted molar refractivity (Wildman–Crippen MR) is 99.3 cm³/mol. The van der Waals surface area contributed by atoms with Crippen LogP contribution in [0.2, 0.25) is 0 Å². The van der Waals surface area contributed by atoms with E-state index in [0.29, 0.717) is 38.8 Å². The molecule has 7 nitrogen and oxygen atoms in total. The normalized spacial score (nSPS) is 20.4. The minimum absolute atomic E-state index is 0.0861. The Kier molecular flexibility index (Phi) is 6.85. The Hall–Kier alpha value is -2.10. The van der Waals surface area contributed by atoms with Crippen LogP contribution in [0.15, 0.2) is 0 Å². The monoisotopic (exact) mass is 377 g/mol. The Balaban J connectivity index is 1.76. The highest BCUT2D eigenvalue weighted by Gasteiger charge is 2.35. The number of carbonyl (C=O) groups is 3. The topological polar surface area (TPSA) is 99.5 Å². The summed E-state index contributed by atoms with van der Waals surface area (Å²) in [5.41, 5.74) is -1.25. The van der Waals surface area contributed by atoms with E-state index in [-0.39, 0.29) is 18.4 Å². The number of ether oxygens (including phenoxy) is 1. The molecule has 0 spiro atoms. The zero-order chi connectivity index (χ0) is 20.1.